The SMILES string of the molecule is CN(C)CCNC(=O)c1ccc(N2CCCC2=O)cc1. The van der Waals surface area contributed by atoms with Crippen LogP contribution < -0.4 is 10.2 Å². The van der Waals surface area contributed by atoms with Crippen molar-refractivity contribution < 1.29 is 9.59 Å². The summed E-state index contributed by atoms with van der Waals surface area (Å²) in [7, 11) is 3.93. The molecule has 1 N–H and O–H groups in total. The molecule has 20 heavy (non-hydrogen) atoms. The second-order valence-electron chi connectivity index (χ2n) is 5.25. The molecule has 1 aliphatic heterocycles. The van der Waals surface area contributed by atoms with Crippen molar-refractivity contribution in [1.82, 2.24) is 10.2 Å². The van der Waals surface area contributed by atoms with E-state index in [-0.39, 0.29) is 11.8 Å². The van der Waals surface area contributed by atoms with Gasteiger partial charge in [-0.2, -0.15) is 0 Å². The Hall–Kier alpha value is -1.88. The van der Waals surface area contributed by atoms with Crippen LogP contribution >= 0.6 is 0 Å². The largest absolute Gasteiger partial charge is 0.351 e. The molecule has 1 fully saturated rings. The zero-order valence-electron chi connectivity index (χ0n) is 12.1. The van der Waals surface area contributed by atoms with E-state index < -0.39 is 0 Å². The smallest absolute Gasteiger partial charge is 0.251 e. The second kappa shape index (κ2) is 6.52. The minimum Gasteiger partial charge on any atom is -0.351 e. The van der Waals surface area contributed by atoms with Crippen LogP contribution in [0.25, 0.3) is 0 Å². The van der Waals surface area contributed by atoms with Gasteiger partial charge in [0, 0.05) is 37.3 Å². The van der Waals surface area contributed by atoms with Gasteiger partial charge >= 0.3 is 0 Å². The van der Waals surface area contributed by atoms with Gasteiger partial charge in [0.2, 0.25) is 5.91 Å². The summed E-state index contributed by atoms with van der Waals surface area (Å²) in [4.78, 5) is 27.3. The molecule has 1 aromatic carbocycles. The molecule has 0 bridgehead atoms. The van der Waals surface area contributed by atoms with Gasteiger partial charge in [-0.05, 0) is 44.8 Å². The normalized spacial score (nSPS) is 14.9. The molecule has 0 unspecified atom stereocenters. The molecule has 1 heterocycles. The lowest BCUT2D eigenvalue weighted by Gasteiger charge is -2.16. The van der Waals surface area contributed by atoms with Gasteiger partial charge in [0.15, 0.2) is 0 Å². The lowest BCUT2D eigenvalue weighted by atomic mass is 10.2. The molecule has 5 heteroatoms. The molecule has 2 amide bonds. The molecule has 0 aromatic heterocycles. The number of anilines is 1. The number of carbonyl (C=O) groups excluding carboxylic acids is 2. The van der Waals surface area contributed by atoms with Crippen LogP contribution in [0, 0.1) is 0 Å². The molecule has 108 valence electrons. The molecule has 0 saturated carbocycles. The van der Waals surface area contributed by atoms with E-state index in [0.29, 0.717) is 18.5 Å². The maximum atomic E-state index is 11.9. The van der Waals surface area contributed by atoms with Gasteiger partial charge in [0.25, 0.3) is 5.91 Å². The number of hydrogen-bond donors (Lipinski definition) is 1. The highest BCUT2D eigenvalue weighted by Crippen LogP contribution is 2.21. The Morgan fingerprint density at radius 3 is 2.55 bits per heavy atom. The highest BCUT2D eigenvalue weighted by molar-refractivity contribution is 5.97. The highest BCUT2D eigenvalue weighted by Gasteiger charge is 2.21. The standard InChI is InChI=1S/C15H21N3O2/c1-17(2)11-9-16-15(20)12-5-7-13(8-6-12)18-10-3-4-14(18)19/h5-8H,3-4,9-11H2,1-2H3,(H,16,20). The van der Waals surface area contributed by atoms with E-state index in [4.69, 9.17) is 0 Å². The molecule has 0 atom stereocenters. The summed E-state index contributed by atoms with van der Waals surface area (Å²) in [6.07, 6.45) is 1.53. The van der Waals surface area contributed by atoms with Gasteiger partial charge in [-0.15, -0.1) is 0 Å². The van der Waals surface area contributed by atoms with Crippen LogP contribution in [-0.2, 0) is 4.79 Å². The highest BCUT2D eigenvalue weighted by atomic mass is 16.2. The minimum atomic E-state index is -0.0776. The number of carbonyl (C=O) groups is 2. The summed E-state index contributed by atoms with van der Waals surface area (Å²) in [5.74, 6) is 0.0827. The maximum Gasteiger partial charge on any atom is 0.251 e. The van der Waals surface area contributed by atoms with Crippen molar-refractivity contribution in [3.63, 3.8) is 0 Å². The monoisotopic (exact) mass is 275 g/mol. The molecule has 1 saturated heterocycles. The van der Waals surface area contributed by atoms with Crippen molar-refractivity contribution >= 4 is 17.5 Å². The predicted molar refractivity (Wildman–Crippen MR) is 78.9 cm³/mol. The Labute approximate surface area is 119 Å². The van der Waals surface area contributed by atoms with Crippen LogP contribution in [0.1, 0.15) is 23.2 Å². The fourth-order valence-electron chi connectivity index (χ4n) is 2.21. The van der Waals surface area contributed by atoms with Crippen molar-refractivity contribution in [2.75, 3.05) is 38.6 Å². The number of nitrogens with one attached hydrogen (secondary N) is 1. The summed E-state index contributed by atoms with van der Waals surface area (Å²) in [6, 6.07) is 7.21. The number of amides is 2. The van der Waals surface area contributed by atoms with Gasteiger partial charge in [-0.25, -0.2) is 0 Å². The molecule has 0 spiro atoms. The first-order valence-electron chi connectivity index (χ1n) is 6.91. The first-order valence-corrected chi connectivity index (χ1v) is 6.91. The first-order chi connectivity index (χ1) is 9.58. The van der Waals surface area contributed by atoms with Gasteiger partial charge in [0.1, 0.15) is 0 Å². The predicted octanol–water partition coefficient (Wildman–Crippen LogP) is 1.10. The molecular formula is C15H21N3O2. The maximum absolute atomic E-state index is 11.9. The summed E-state index contributed by atoms with van der Waals surface area (Å²) in [6.45, 7) is 2.21. The number of hydrogen-bond acceptors (Lipinski definition) is 3. The van der Waals surface area contributed by atoms with Gasteiger partial charge < -0.3 is 15.1 Å². The Balaban J connectivity index is 1.94. The quantitative estimate of drug-likeness (QED) is 0.875. The summed E-state index contributed by atoms with van der Waals surface area (Å²) in [5, 5.41) is 2.87. The van der Waals surface area contributed by atoms with Crippen LogP contribution in [0.15, 0.2) is 24.3 Å². The van der Waals surface area contributed by atoms with Crippen molar-refractivity contribution in [3.8, 4) is 0 Å². The van der Waals surface area contributed by atoms with Crippen LogP contribution in [0.2, 0.25) is 0 Å². The van der Waals surface area contributed by atoms with E-state index in [9.17, 15) is 9.59 Å². The van der Waals surface area contributed by atoms with E-state index in [0.717, 1.165) is 25.2 Å². The number of nitrogens with zero attached hydrogens (tertiary/aromatic N) is 2. The third-order valence-electron chi connectivity index (χ3n) is 3.36. The van der Waals surface area contributed by atoms with Crippen LogP contribution in [-0.4, -0.2) is 50.4 Å². The molecular weight excluding hydrogens is 254 g/mol. The lowest BCUT2D eigenvalue weighted by molar-refractivity contribution is -0.117. The van der Waals surface area contributed by atoms with Gasteiger partial charge in [-0.3, -0.25) is 9.59 Å². The second-order valence-corrected chi connectivity index (χ2v) is 5.25. The number of rotatable bonds is 5. The molecule has 5 nitrogen and oxygen atoms in total. The van der Waals surface area contributed by atoms with Crippen LogP contribution in [0.3, 0.4) is 0 Å². The van der Waals surface area contributed by atoms with Crippen molar-refractivity contribution in [1.29, 1.82) is 0 Å². The molecule has 2 rings (SSSR count). The topological polar surface area (TPSA) is 52.7 Å². The van der Waals surface area contributed by atoms with Crippen molar-refractivity contribution in [2.45, 2.75) is 12.8 Å². The zero-order chi connectivity index (χ0) is 14.5. The lowest BCUT2D eigenvalue weighted by Crippen LogP contribution is -2.31. The van der Waals surface area contributed by atoms with E-state index in [1.165, 1.54) is 0 Å². The summed E-state index contributed by atoms with van der Waals surface area (Å²) < 4.78 is 0. The Bertz CT molecular complexity index is 482. The van der Waals surface area contributed by atoms with Crippen molar-refractivity contribution in [2.24, 2.45) is 0 Å². The van der Waals surface area contributed by atoms with Crippen LogP contribution in [0.5, 0.6) is 0 Å². The Morgan fingerprint density at radius 2 is 2.00 bits per heavy atom. The summed E-state index contributed by atoms with van der Waals surface area (Å²) in [5.41, 5.74) is 1.50. The van der Waals surface area contributed by atoms with Crippen molar-refractivity contribution in [3.05, 3.63) is 29.8 Å². The molecule has 1 aliphatic rings. The zero-order valence-corrected chi connectivity index (χ0v) is 12.1. The minimum absolute atomic E-state index is 0.0776. The van der Waals surface area contributed by atoms with E-state index >= 15 is 0 Å². The van der Waals surface area contributed by atoms with E-state index in [1.807, 2.05) is 31.1 Å². The molecule has 0 radical (unpaired) electrons. The fraction of sp³-hybridized carbons (Fsp3) is 0.467. The average Bonchev–Trinajstić information content (AvgIpc) is 2.84. The van der Waals surface area contributed by atoms with E-state index in [1.54, 1.807) is 17.0 Å². The van der Waals surface area contributed by atoms with Gasteiger partial charge in [-0.1, -0.05) is 0 Å². The van der Waals surface area contributed by atoms with Crippen LogP contribution in [0.4, 0.5) is 5.69 Å². The Kier molecular flexibility index (Phi) is 4.74. The third kappa shape index (κ3) is 3.57. The average molecular weight is 275 g/mol. The van der Waals surface area contributed by atoms with Gasteiger partial charge in [0.05, 0.1) is 0 Å². The number of benzene rings is 1. The number of likely N-dealkylation sites (N-methyl/N-ethyl adjacent to an activating group) is 1. The Morgan fingerprint density at radius 1 is 1.30 bits per heavy atom. The third-order valence-corrected chi connectivity index (χ3v) is 3.36. The molecule has 0 aliphatic carbocycles. The first kappa shape index (κ1) is 14.5. The summed E-state index contributed by atoms with van der Waals surface area (Å²) >= 11 is 0. The van der Waals surface area contributed by atoms with E-state index in [2.05, 4.69) is 5.32 Å². The fourth-order valence-corrected chi connectivity index (χ4v) is 2.21. The molecule has 1 aromatic rings.